The second-order valence-electron chi connectivity index (χ2n) is 3.91. The van der Waals surface area contributed by atoms with E-state index in [9.17, 15) is 13.2 Å². The zero-order valence-electron chi connectivity index (χ0n) is 10.7. The molecule has 0 unspecified atom stereocenters. The molecule has 1 heterocycles. The first-order valence-corrected chi connectivity index (χ1v) is 8.26. The van der Waals surface area contributed by atoms with Crippen LogP contribution in [0.5, 0.6) is 5.75 Å². The van der Waals surface area contributed by atoms with Crippen molar-refractivity contribution in [1.29, 1.82) is 0 Å². The minimum Gasteiger partial charge on any atom is -0.497 e. The smallest absolute Gasteiger partial charge is 0.336 e. The van der Waals surface area contributed by atoms with Crippen LogP contribution < -0.4 is 9.46 Å². The summed E-state index contributed by atoms with van der Waals surface area (Å²) in [6.45, 7) is 0. The molecule has 2 N–H and O–H groups in total. The van der Waals surface area contributed by atoms with Gasteiger partial charge in [-0.3, -0.25) is 4.72 Å². The molecule has 0 atom stereocenters. The molecule has 21 heavy (non-hydrogen) atoms. The van der Waals surface area contributed by atoms with Crippen molar-refractivity contribution in [2.24, 2.45) is 0 Å². The number of sulfonamides is 1. The van der Waals surface area contributed by atoms with Gasteiger partial charge < -0.3 is 9.84 Å². The van der Waals surface area contributed by atoms with Crippen molar-refractivity contribution in [3.8, 4) is 5.75 Å². The van der Waals surface area contributed by atoms with Crippen molar-refractivity contribution < 1.29 is 23.1 Å². The van der Waals surface area contributed by atoms with Crippen LogP contribution in [0.3, 0.4) is 0 Å². The zero-order valence-corrected chi connectivity index (χ0v) is 13.1. The van der Waals surface area contributed by atoms with E-state index in [4.69, 9.17) is 21.4 Å². The van der Waals surface area contributed by atoms with E-state index in [-0.39, 0.29) is 20.5 Å². The number of aromatic carboxylic acids is 1. The first-order valence-electron chi connectivity index (χ1n) is 5.51. The highest BCUT2D eigenvalue weighted by atomic mass is 35.5. The third kappa shape index (κ3) is 3.46. The van der Waals surface area contributed by atoms with Crippen molar-refractivity contribution in [2.75, 3.05) is 11.8 Å². The molecule has 0 saturated heterocycles. The van der Waals surface area contributed by atoms with Gasteiger partial charge in [0.15, 0.2) is 0 Å². The van der Waals surface area contributed by atoms with E-state index >= 15 is 0 Å². The van der Waals surface area contributed by atoms with Gasteiger partial charge in [-0.15, -0.1) is 11.3 Å². The Labute approximate surface area is 130 Å². The molecule has 0 radical (unpaired) electrons. The quantitative estimate of drug-likeness (QED) is 0.867. The lowest BCUT2D eigenvalue weighted by Gasteiger charge is -2.09. The van der Waals surface area contributed by atoms with Crippen molar-refractivity contribution in [3.63, 3.8) is 0 Å². The van der Waals surface area contributed by atoms with Crippen molar-refractivity contribution >= 4 is 44.6 Å². The molecular formula is C12H10ClNO5S2. The normalized spacial score (nSPS) is 11.1. The molecule has 0 aliphatic carbocycles. The van der Waals surface area contributed by atoms with Gasteiger partial charge in [-0.25, -0.2) is 13.2 Å². The summed E-state index contributed by atoms with van der Waals surface area (Å²) in [5, 5.41) is 10.3. The minimum atomic E-state index is -3.91. The Bertz CT molecular complexity index is 785. The van der Waals surface area contributed by atoms with Crippen LogP contribution in [0.15, 0.2) is 33.9 Å². The maximum atomic E-state index is 12.2. The number of benzene rings is 1. The van der Waals surface area contributed by atoms with Gasteiger partial charge in [-0.05, 0) is 18.2 Å². The number of nitrogens with one attached hydrogen (secondary N) is 1. The number of carbonyl (C=O) groups is 1. The Kier molecular flexibility index (Phi) is 4.40. The van der Waals surface area contributed by atoms with Gasteiger partial charge in [0.1, 0.15) is 9.96 Å². The summed E-state index contributed by atoms with van der Waals surface area (Å²) in [6, 6.07) is 5.61. The van der Waals surface area contributed by atoms with Gasteiger partial charge in [0, 0.05) is 11.4 Å². The fourth-order valence-electron chi connectivity index (χ4n) is 1.47. The van der Waals surface area contributed by atoms with E-state index in [0.29, 0.717) is 5.75 Å². The summed E-state index contributed by atoms with van der Waals surface area (Å²) in [5.74, 6) is -0.749. The molecule has 0 aliphatic rings. The molecule has 9 heteroatoms. The molecule has 1 aromatic heterocycles. The summed E-state index contributed by atoms with van der Waals surface area (Å²) in [6.07, 6.45) is 0. The average Bonchev–Trinajstić information content (AvgIpc) is 2.92. The molecule has 2 aromatic rings. The number of rotatable bonds is 5. The molecule has 112 valence electrons. The van der Waals surface area contributed by atoms with Gasteiger partial charge in [0.05, 0.1) is 23.4 Å². The van der Waals surface area contributed by atoms with Crippen molar-refractivity contribution in [1.82, 2.24) is 0 Å². The largest absolute Gasteiger partial charge is 0.497 e. The monoisotopic (exact) mass is 347 g/mol. The third-order valence-corrected chi connectivity index (χ3v) is 5.64. The fraction of sp³-hybridized carbons (Fsp3) is 0.0833. The first-order chi connectivity index (χ1) is 9.83. The van der Waals surface area contributed by atoms with Crippen LogP contribution in [0.2, 0.25) is 5.02 Å². The SMILES string of the molecule is COc1ccc(Cl)c(NS(=O)(=O)c2cc(C(=O)O)cs2)c1. The van der Waals surface area contributed by atoms with Crippen LogP contribution >= 0.6 is 22.9 Å². The zero-order chi connectivity index (χ0) is 15.6. The molecule has 0 spiro atoms. The minimum absolute atomic E-state index is 0.0860. The summed E-state index contributed by atoms with van der Waals surface area (Å²) in [4.78, 5) is 10.8. The second kappa shape index (κ2) is 5.92. The fourth-order valence-corrected chi connectivity index (χ4v) is 3.92. The second-order valence-corrected chi connectivity index (χ2v) is 7.14. The number of hydrogen-bond donors (Lipinski definition) is 2. The highest BCUT2D eigenvalue weighted by molar-refractivity contribution is 7.94. The van der Waals surface area contributed by atoms with Crippen LogP contribution in [0, 0.1) is 0 Å². The van der Waals surface area contributed by atoms with E-state index in [2.05, 4.69) is 4.72 Å². The van der Waals surface area contributed by atoms with E-state index < -0.39 is 16.0 Å². The number of halogens is 1. The average molecular weight is 348 g/mol. The Balaban J connectivity index is 2.34. The number of carboxylic acids is 1. The summed E-state index contributed by atoms with van der Waals surface area (Å²) in [5.41, 5.74) is 0.0680. The van der Waals surface area contributed by atoms with Crippen LogP contribution in [0.4, 0.5) is 5.69 Å². The molecule has 6 nitrogen and oxygen atoms in total. The number of carboxylic acid groups (broad SMARTS) is 1. The lowest BCUT2D eigenvalue weighted by atomic mass is 10.3. The van der Waals surface area contributed by atoms with E-state index in [1.807, 2.05) is 0 Å². The topological polar surface area (TPSA) is 92.7 Å². The predicted octanol–water partition coefficient (Wildman–Crippen LogP) is 2.91. The lowest BCUT2D eigenvalue weighted by molar-refractivity contribution is 0.0697. The molecule has 0 amide bonds. The first kappa shape index (κ1) is 15.6. The number of methoxy groups -OCH3 is 1. The van der Waals surface area contributed by atoms with Gasteiger partial charge in [0.2, 0.25) is 0 Å². The molecule has 0 aliphatic heterocycles. The number of thiophene rings is 1. The third-order valence-electron chi connectivity index (χ3n) is 2.51. The van der Waals surface area contributed by atoms with Crippen molar-refractivity contribution in [2.45, 2.75) is 4.21 Å². The van der Waals surface area contributed by atoms with Crippen LogP contribution in [-0.4, -0.2) is 26.6 Å². The predicted molar refractivity (Wildman–Crippen MR) is 80.1 cm³/mol. The molecule has 0 bridgehead atoms. The van der Waals surface area contributed by atoms with Crippen molar-refractivity contribution in [3.05, 3.63) is 40.2 Å². The van der Waals surface area contributed by atoms with E-state index in [1.165, 1.54) is 24.6 Å². The standard InChI is InChI=1S/C12H10ClNO5S2/c1-19-8-2-3-9(13)10(5-8)14-21(17,18)11-4-7(6-20-11)12(15)16/h2-6,14H,1H3,(H,15,16). The van der Waals surface area contributed by atoms with Crippen LogP contribution in [-0.2, 0) is 10.0 Å². The van der Waals surface area contributed by atoms with Gasteiger partial charge in [0.25, 0.3) is 10.0 Å². The van der Waals surface area contributed by atoms with E-state index in [0.717, 1.165) is 17.4 Å². The lowest BCUT2D eigenvalue weighted by Crippen LogP contribution is -2.12. The van der Waals surface area contributed by atoms with E-state index in [1.54, 1.807) is 6.07 Å². The molecule has 0 saturated carbocycles. The molecule has 1 aromatic carbocycles. The van der Waals surface area contributed by atoms with Crippen LogP contribution in [0.25, 0.3) is 0 Å². The summed E-state index contributed by atoms with van der Waals surface area (Å²) in [7, 11) is -2.46. The Hall–Kier alpha value is -1.77. The molecular weight excluding hydrogens is 338 g/mol. The Morgan fingerprint density at radius 3 is 2.67 bits per heavy atom. The van der Waals surface area contributed by atoms with Gasteiger partial charge in [-0.2, -0.15) is 0 Å². The number of anilines is 1. The number of ether oxygens (including phenoxy) is 1. The van der Waals surface area contributed by atoms with Crippen LogP contribution in [0.1, 0.15) is 10.4 Å². The van der Waals surface area contributed by atoms with Gasteiger partial charge in [-0.1, -0.05) is 11.6 Å². The molecule has 0 fully saturated rings. The Morgan fingerprint density at radius 1 is 1.38 bits per heavy atom. The number of hydrogen-bond acceptors (Lipinski definition) is 5. The highest BCUT2D eigenvalue weighted by Crippen LogP contribution is 2.30. The molecule has 2 rings (SSSR count). The summed E-state index contributed by atoms with van der Waals surface area (Å²) >= 11 is 6.74. The highest BCUT2D eigenvalue weighted by Gasteiger charge is 2.20. The van der Waals surface area contributed by atoms with Gasteiger partial charge >= 0.3 is 5.97 Å². The summed E-state index contributed by atoms with van der Waals surface area (Å²) < 4.78 is 31.6. The Morgan fingerprint density at radius 2 is 2.10 bits per heavy atom. The maximum absolute atomic E-state index is 12.2. The maximum Gasteiger partial charge on any atom is 0.336 e.